The molecule has 0 aliphatic heterocycles. The number of allylic oxidation sites excluding steroid dienone is 1. The summed E-state index contributed by atoms with van der Waals surface area (Å²) in [6, 6.07) is 10.1. The molecule has 0 unspecified atom stereocenters. The highest BCUT2D eigenvalue weighted by atomic mass is 16.4. The molecule has 0 saturated carbocycles. The summed E-state index contributed by atoms with van der Waals surface area (Å²) in [5.41, 5.74) is 2.33. The van der Waals surface area contributed by atoms with Gasteiger partial charge in [-0.15, -0.1) is 0 Å². The Bertz CT molecular complexity index is 328. The Morgan fingerprint density at radius 3 is 2.47 bits per heavy atom. The number of carbonyl (C=O) groups is 1. The topological polar surface area (TPSA) is 37.3 Å². The lowest BCUT2D eigenvalue weighted by Gasteiger charge is -2.04. The maximum absolute atomic E-state index is 10.3. The van der Waals surface area contributed by atoms with Crippen LogP contribution in [-0.4, -0.2) is 11.1 Å². The molecule has 15 heavy (non-hydrogen) atoms. The first-order chi connectivity index (χ1) is 7.18. The Morgan fingerprint density at radius 2 is 1.87 bits per heavy atom. The van der Waals surface area contributed by atoms with E-state index in [2.05, 4.69) is 18.7 Å². The molecule has 2 heteroatoms. The molecule has 0 aliphatic carbocycles. The number of hydrogen-bond acceptors (Lipinski definition) is 1. The van der Waals surface area contributed by atoms with Crippen molar-refractivity contribution >= 4 is 5.97 Å². The average Bonchev–Trinajstić information content (AvgIpc) is 2.18. The van der Waals surface area contributed by atoms with Crippen molar-refractivity contribution in [2.75, 3.05) is 0 Å². The Hall–Kier alpha value is -1.57. The van der Waals surface area contributed by atoms with Gasteiger partial charge in [0.15, 0.2) is 0 Å². The van der Waals surface area contributed by atoms with E-state index in [4.69, 9.17) is 5.11 Å². The zero-order valence-corrected chi connectivity index (χ0v) is 8.78. The second-order valence-corrected chi connectivity index (χ2v) is 3.66. The van der Waals surface area contributed by atoms with E-state index < -0.39 is 5.97 Å². The highest BCUT2D eigenvalue weighted by molar-refractivity contribution is 5.66. The summed E-state index contributed by atoms with van der Waals surface area (Å²) >= 11 is 0. The fourth-order valence-corrected chi connectivity index (χ4v) is 1.46. The van der Waals surface area contributed by atoms with E-state index in [1.54, 1.807) is 0 Å². The number of aliphatic carboxylic acids is 1. The average molecular weight is 204 g/mol. The van der Waals surface area contributed by atoms with Gasteiger partial charge in [-0.05, 0) is 24.8 Å². The van der Waals surface area contributed by atoms with Crippen LogP contribution < -0.4 is 0 Å². The monoisotopic (exact) mass is 204 g/mol. The van der Waals surface area contributed by atoms with Crippen molar-refractivity contribution in [3.8, 4) is 0 Å². The minimum Gasteiger partial charge on any atom is -0.481 e. The van der Waals surface area contributed by atoms with Crippen LogP contribution in [0.25, 0.3) is 0 Å². The van der Waals surface area contributed by atoms with Crippen molar-refractivity contribution in [2.45, 2.75) is 25.7 Å². The summed E-state index contributed by atoms with van der Waals surface area (Å²) in [5, 5.41) is 8.49. The van der Waals surface area contributed by atoms with Crippen LogP contribution in [0.5, 0.6) is 0 Å². The highest BCUT2D eigenvalue weighted by Crippen LogP contribution is 2.12. The number of carboxylic acids is 1. The van der Waals surface area contributed by atoms with Crippen LogP contribution in [0.3, 0.4) is 0 Å². The molecule has 0 amide bonds. The Labute approximate surface area is 90.3 Å². The molecule has 0 aliphatic rings. The minimum atomic E-state index is -0.734. The normalized spacial score (nSPS) is 9.87. The molecular formula is C13H16O2. The van der Waals surface area contributed by atoms with Gasteiger partial charge >= 0.3 is 5.97 Å². The van der Waals surface area contributed by atoms with Gasteiger partial charge in [0.2, 0.25) is 0 Å². The van der Waals surface area contributed by atoms with Crippen molar-refractivity contribution in [3.05, 3.63) is 48.0 Å². The van der Waals surface area contributed by atoms with E-state index in [0.29, 0.717) is 6.42 Å². The van der Waals surface area contributed by atoms with Gasteiger partial charge < -0.3 is 5.11 Å². The Kier molecular flexibility index (Phi) is 4.61. The lowest BCUT2D eigenvalue weighted by molar-refractivity contribution is -0.137. The van der Waals surface area contributed by atoms with Gasteiger partial charge in [-0.3, -0.25) is 4.79 Å². The van der Waals surface area contributed by atoms with Gasteiger partial charge in [-0.1, -0.05) is 42.5 Å². The molecule has 0 fully saturated rings. The van der Waals surface area contributed by atoms with E-state index >= 15 is 0 Å². The lowest BCUT2D eigenvalue weighted by atomic mass is 10.0. The summed E-state index contributed by atoms with van der Waals surface area (Å²) in [4.78, 5) is 10.3. The SMILES string of the molecule is C=C(CCCC(=O)O)Cc1ccccc1. The maximum atomic E-state index is 10.3. The minimum absolute atomic E-state index is 0.230. The molecule has 0 spiro atoms. The van der Waals surface area contributed by atoms with Gasteiger partial charge in [0.25, 0.3) is 0 Å². The van der Waals surface area contributed by atoms with Gasteiger partial charge in [-0.25, -0.2) is 0 Å². The number of carboxylic acid groups (broad SMARTS) is 1. The molecule has 0 heterocycles. The van der Waals surface area contributed by atoms with Crippen molar-refractivity contribution in [1.29, 1.82) is 0 Å². The van der Waals surface area contributed by atoms with Crippen LogP contribution in [0.4, 0.5) is 0 Å². The number of benzene rings is 1. The molecule has 0 atom stereocenters. The molecular weight excluding hydrogens is 188 g/mol. The molecule has 1 rings (SSSR count). The van der Waals surface area contributed by atoms with E-state index in [9.17, 15) is 4.79 Å². The third-order valence-electron chi connectivity index (χ3n) is 2.22. The first-order valence-electron chi connectivity index (χ1n) is 5.11. The van der Waals surface area contributed by atoms with E-state index in [-0.39, 0.29) is 6.42 Å². The summed E-state index contributed by atoms with van der Waals surface area (Å²) < 4.78 is 0. The van der Waals surface area contributed by atoms with Crippen LogP contribution in [0.15, 0.2) is 42.5 Å². The standard InChI is InChI=1S/C13H16O2/c1-11(6-5-9-13(14)15)10-12-7-3-2-4-8-12/h2-4,7-8H,1,5-6,9-10H2,(H,14,15). The summed E-state index contributed by atoms with van der Waals surface area (Å²) in [6.07, 6.45) is 2.55. The largest absolute Gasteiger partial charge is 0.481 e. The predicted molar refractivity (Wildman–Crippen MR) is 60.8 cm³/mol. The van der Waals surface area contributed by atoms with E-state index in [1.165, 1.54) is 5.56 Å². The molecule has 80 valence electrons. The fourth-order valence-electron chi connectivity index (χ4n) is 1.46. The Balaban J connectivity index is 2.28. The molecule has 0 bridgehead atoms. The van der Waals surface area contributed by atoms with Gasteiger partial charge in [0.1, 0.15) is 0 Å². The lowest BCUT2D eigenvalue weighted by Crippen LogP contribution is -1.95. The van der Waals surface area contributed by atoms with Crippen molar-refractivity contribution in [3.63, 3.8) is 0 Å². The molecule has 0 radical (unpaired) electrons. The third-order valence-corrected chi connectivity index (χ3v) is 2.22. The molecule has 1 aromatic rings. The van der Waals surface area contributed by atoms with Crippen LogP contribution >= 0.6 is 0 Å². The first kappa shape index (κ1) is 11.5. The Morgan fingerprint density at radius 1 is 1.20 bits per heavy atom. The first-order valence-corrected chi connectivity index (χ1v) is 5.11. The van der Waals surface area contributed by atoms with Crippen molar-refractivity contribution in [2.24, 2.45) is 0 Å². The van der Waals surface area contributed by atoms with Gasteiger partial charge in [-0.2, -0.15) is 0 Å². The second-order valence-electron chi connectivity index (χ2n) is 3.66. The van der Waals surface area contributed by atoms with Gasteiger partial charge in [0.05, 0.1) is 0 Å². The molecule has 0 aromatic heterocycles. The van der Waals surface area contributed by atoms with Crippen molar-refractivity contribution in [1.82, 2.24) is 0 Å². The molecule has 1 aromatic carbocycles. The van der Waals surface area contributed by atoms with Crippen LogP contribution in [0, 0.1) is 0 Å². The predicted octanol–water partition coefficient (Wildman–Crippen LogP) is 3.04. The summed E-state index contributed by atoms with van der Waals surface area (Å²) in [5.74, 6) is -0.734. The molecule has 1 N–H and O–H groups in total. The maximum Gasteiger partial charge on any atom is 0.303 e. The number of rotatable bonds is 6. The third kappa shape index (κ3) is 5.01. The fraction of sp³-hybridized carbons (Fsp3) is 0.308. The zero-order valence-electron chi connectivity index (χ0n) is 8.78. The number of hydrogen-bond donors (Lipinski definition) is 1. The van der Waals surface area contributed by atoms with E-state index in [0.717, 1.165) is 18.4 Å². The molecule has 2 nitrogen and oxygen atoms in total. The van der Waals surface area contributed by atoms with Crippen molar-refractivity contribution < 1.29 is 9.90 Å². The second kappa shape index (κ2) is 6.02. The van der Waals surface area contributed by atoms with E-state index in [1.807, 2.05) is 18.2 Å². The van der Waals surface area contributed by atoms with Crippen LogP contribution in [-0.2, 0) is 11.2 Å². The summed E-state index contributed by atoms with van der Waals surface area (Å²) in [6.45, 7) is 3.95. The van der Waals surface area contributed by atoms with Gasteiger partial charge in [0, 0.05) is 6.42 Å². The zero-order chi connectivity index (χ0) is 11.1. The highest BCUT2D eigenvalue weighted by Gasteiger charge is 2.00. The van der Waals surface area contributed by atoms with Crippen LogP contribution in [0.2, 0.25) is 0 Å². The smallest absolute Gasteiger partial charge is 0.303 e. The quantitative estimate of drug-likeness (QED) is 0.723. The van der Waals surface area contributed by atoms with Crippen LogP contribution in [0.1, 0.15) is 24.8 Å². The molecule has 0 saturated heterocycles. The summed E-state index contributed by atoms with van der Waals surface area (Å²) in [7, 11) is 0.